The van der Waals surface area contributed by atoms with Crippen LogP contribution in [0.3, 0.4) is 0 Å². The third-order valence-electron chi connectivity index (χ3n) is 5.30. The Morgan fingerprint density at radius 3 is 2.61 bits per heavy atom. The van der Waals surface area contributed by atoms with E-state index >= 15 is 0 Å². The van der Waals surface area contributed by atoms with Crippen LogP contribution in [0.4, 0.5) is 0 Å². The Morgan fingerprint density at radius 2 is 1.82 bits per heavy atom. The average molecular weight is 374 g/mol. The summed E-state index contributed by atoms with van der Waals surface area (Å²) < 4.78 is 5.30. The summed E-state index contributed by atoms with van der Waals surface area (Å²) in [5.74, 6) is 0.942. The highest BCUT2D eigenvalue weighted by atomic mass is 16.3. The van der Waals surface area contributed by atoms with Crippen molar-refractivity contribution in [3.63, 3.8) is 0 Å². The van der Waals surface area contributed by atoms with Crippen molar-refractivity contribution in [1.29, 1.82) is 0 Å². The summed E-state index contributed by atoms with van der Waals surface area (Å²) in [4.78, 5) is 14.8. The summed E-state index contributed by atoms with van der Waals surface area (Å²) in [7, 11) is 0. The molecule has 1 aliphatic heterocycles. The highest BCUT2D eigenvalue weighted by Gasteiger charge is 2.15. The first-order valence-electron chi connectivity index (χ1n) is 9.96. The molecule has 1 aliphatic rings. The molecule has 4 rings (SSSR count). The summed E-state index contributed by atoms with van der Waals surface area (Å²) in [6, 6.07) is 20.5. The normalized spacial score (nSPS) is 13.9. The fourth-order valence-corrected chi connectivity index (χ4v) is 3.73. The molecule has 2 aromatic carbocycles. The van der Waals surface area contributed by atoms with E-state index in [2.05, 4.69) is 46.6 Å². The molecule has 3 aromatic rings. The van der Waals surface area contributed by atoms with E-state index in [1.54, 1.807) is 6.26 Å². The van der Waals surface area contributed by atoms with Gasteiger partial charge in [0.2, 0.25) is 0 Å². The highest BCUT2D eigenvalue weighted by Crippen LogP contribution is 2.20. The van der Waals surface area contributed by atoms with Crippen LogP contribution in [-0.2, 0) is 25.9 Å². The second-order valence-electron chi connectivity index (χ2n) is 7.37. The Kier molecular flexibility index (Phi) is 5.88. The van der Waals surface area contributed by atoms with Gasteiger partial charge in [-0.25, -0.2) is 0 Å². The Morgan fingerprint density at radius 1 is 1.00 bits per heavy atom. The van der Waals surface area contributed by atoms with Gasteiger partial charge in [0.05, 0.1) is 6.26 Å². The summed E-state index contributed by atoms with van der Waals surface area (Å²) in [5.41, 5.74) is 4.86. The van der Waals surface area contributed by atoms with Gasteiger partial charge in [0.25, 0.3) is 5.91 Å². The Labute approximate surface area is 166 Å². The molecule has 0 saturated carbocycles. The van der Waals surface area contributed by atoms with Gasteiger partial charge < -0.3 is 9.73 Å². The highest BCUT2D eigenvalue weighted by molar-refractivity contribution is 5.94. The van der Waals surface area contributed by atoms with Crippen LogP contribution in [0.15, 0.2) is 71.3 Å². The fraction of sp³-hybridized carbons (Fsp3) is 0.292. The maximum Gasteiger partial charge on any atom is 0.251 e. The molecule has 1 N–H and O–H groups in total. The molecular weight excluding hydrogens is 348 g/mol. The van der Waals surface area contributed by atoms with Crippen LogP contribution in [-0.4, -0.2) is 23.9 Å². The minimum atomic E-state index is -0.0158. The number of amides is 1. The molecule has 0 atom stereocenters. The molecule has 144 valence electrons. The van der Waals surface area contributed by atoms with Gasteiger partial charge >= 0.3 is 0 Å². The molecule has 2 heterocycles. The first-order chi connectivity index (χ1) is 13.8. The molecule has 0 spiro atoms. The van der Waals surface area contributed by atoms with Crippen LogP contribution in [0.1, 0.15) is 39.2 Å². The molecule has 0 unspecified atom stereocenters. The molecule has 1 aromatic heterocycles. The predicted molar refractivity (Wildman–Crippen MR) is 110 cm³/mol. The minimum absolute atomic E-state index is 0.0158. The maximum absolute atomic E-state index is 12.3. The van der Waals surface area contributed by atoms with Crippen molar-refractivity contribution in [2.75, 3.05) is 13.1 Å². The molecule has 0 aliphatic carbocycles. The average Bonchev–Trinajstić information content (AvgIpc) is 3.25. The Hall–Kier alpha value is -2.85. The fourth-order valence-electron chi connectivity index (χ4n) is 3.73. The van der Waals surface area contributed by atoms with Crippen LogP contribution in [0.25, 0.3) is 0 Å². The second kappa shape index (κ2) is 8.89. The van der Waals surface area contributed by atoms with Crippen LogP contribution in [0.5, 0.6) is 0 Å². The molecule has 28 heavy (non-hydrogen) atoms. The molecule has 4 heteroatoms. The lowest BCUT2D eigenvalue weighted by atomic mass is 9.99. The summed E-state index contributed by atoms with van der Waals surface area (Å²) in [6.07, 6.45) is 4.49. The third kappa shape index (κ3) is 4.70. The predicted octanol–water partition coefficient (Wildman–Crippen LogP) is 4.20. The van der Waals surface area contributed by atoms with Crippen LogP contribution in [0, 0.1) is 0 Å². The van der Waals surface area contributed by atoms with Gasteiger partial charge in [-0.2, -0.15) is 0 Å². The number of furan rings is 1. The van der Waals surface area contributed by atoms with Crippen molar-refractivity contribution in [3.05, 3.63) is 94.9 Å². The number of carbonyl (C=O) groups is 1. The van der Waals surface area contributed by atoms with E-state index in [9.17, 15) is 4.79 Å². The summed E-state index contributed by atoms with van der Waals surface area (Å²) >= 11 is 0. The van der Waals surface area contributed by atoms with Crippen molar-refractivity contribution in [2.45, 2.75) is 32.4 Å². The Bertz CT molecular complexity index is 901. The lowest BCUT2D eigenvalue weighted by molar-refractivity contribution is 0.0953. The number of rotatable bonds is 7. The molecule has 0 radical (unpaired) electrons. The number of benzene rings is 2. The lowest BCUT2D eigenvalue weighted by Gasteiger charge is -2.28. The molecular formula is C24H26N2O2. The minimum Gasteiger partial charge on any atom is -0.469 e. The largest absolute Gasteiger partial charge is 0.469 e. The van der Waals surface area contributed by atoms with Gasteiger partial charge in [0, 0.05) is 38.2 Å². The first kappa shape index (κ1) is 18.5. The van der Waals surface area contributed by atoms with Crippen LogP contribution < -0.4 is 5.32 Å². The van der Waals surface area contributed by atoms with Gasteiger partial charge in [0.1, 0.15) is 5.76 Å². The zero-order chi connectivity index (χ0) is 19.2. The van der Waals surface area contributed by atoms with Gasteiger partial charge in [-0.05, 0) is 53.8 Å². The van der Waals surface area contributed by atoms with E-state index in [0.717, 1.165) is 44.7 Å². The Balaban J connectivity index is 1.25. The molecule has 0 saturated heterocycles. The molecule has 1 amide bonds. The van der Waals surface area contributed by atoms with Gasteiger partial charge in [-0.15, -0.1) is 0 Å². The number of fused-ring (bicyclic) bond motifs is 1. The van der Waals surface area contributed by atoms with E-state index < -0.39 is 0 Å². The first-order valence-corrected chi connectivity index (χ1v) is 9.96. The number of nitrogens with zero attached hydrogens (tertiary/aromatic N) is 1. The number of carbonyl (C=O) groups excluding carboxylic acids is 1. The van der Waals surface area contributed by atoms with E-state index in [-0.39, 0.29) is 5.91 Å². The lowest BCUT2D eigenvalue weighted by Crippen LogP contribution is -2.30. The standard InChI is InChI=1S/C24H26N2O2/c27-24(25-14-3-7-23-8-4-16-28-23)21-11-9-19(10-12-21)17-26-15-13-20-5-1-2-6-22(20)18-26/h1-2,4-6,8-12,16H,3,7,13-15,17-18H2,(H,25,27). The second-order valence-corrected chi connectivity index (χ2v) is 7.37. The number of hydrogen-bond acceptors (Lipinski definition) is 3. The quantitative estimate of drug-likeness (QED) is 0.631. The van der Waals surface area contributed by atoms with Crippen molar-refractivity contribution in [2.24, 2.45) is 0 Å². The maximum atomic E-state index is 12.3. The van der Waals surface area contributed by atoms with Crippen molar-refractivity contribution < 1.29 is 9.21 Å². The monoisotopic (exact) mass is 374 g/mol. The zero-order valence-electron chi connectivity index (χ0n) is 16.1. The van der Waals surface area contributed by atoms with Gasteiger partial charge in [-0.1, -0.05) is 36.4 Å². The van der Waals surface area contributed by atoms with E-state index in [1.807, 2.05) is 24.3 Å². The van der Waals surface area contributed by atoms with E-state index in [4.69, 9.17) is 4.42 Å². The SMILES string of the molecule is O=C(NCCCc1ccco1)c1ccc(CN2CCc3ccccc3C2)cc1. The van der Waals surface area contributed by atoms with Gasteiger partial charge in [0.15, 0.2) is 0 Å². The number of hydrogen-bond donors (Lipinski definition) is 1. The van der Waals surface area contributed by atoms with Crippen molar-refractivity contribution in [3.8, 4) is 0 Å². The number of nitrogens with one attached hydrogen (secondary N) is 1. The molecule has 4 nitrogen and oxygen atoms in total. The van der Waals surface area contributed by atoms with Crippen LogP contribution in [0.2, 0.25) is 0 Å². The van der Waals surface area contributed by atoms with Gasteiger partial charge in [-0.3, -0.25) is 9.69 Å². The smallest absolute Gasteiger partial charge is 0.251 e. The van der Waals surface area contributed by atoms with Crippen molar-refractivity contribution in [1.82, 2.24) is 10.2 Å². The zero-order valence-corrected chi connectivity index (χ0v) is 16.1. The van der Waals surface area contributed by atoms with E-state index in [0.29, 0.717) is 12.1 Å². The molecule has 0 bridgehead atoms. The van der Waals surface area contributed by atoms with E-state index in [1.165, 1.54) is 16.7 Å². The van der Waals surface area contributed by atoms with Crippen LogP contribution >= 0.6 is 0 Å². The topological polar surface area (TPSA) is 45.5 Å². The number of aryl methyl sites for hydroxylation is 1. The summed E-state index contributed by atoms with van der Waals surface area (Å²) in [6.45, 7) is 3.64. The van der Waals surface area contributed by atoms with Crippen molar-refractivity contribution >= 4 is 5.91 Å². The summed E-state index contributed by atoms with van der Waals surface area (Å²) in [5, 5.41) is 2.98. The third-order valence-corrected chi connectivity index (χ3v) is 5.30. The molecule has 0 fully saturated rings.